The van der Waals surface area contributed by atoms with Gasteiger partial charge in [-0.25, -0.2) is 4.79 Å². The van der Waals surface area contributed by atoms with Gasteiger partial charge in [-0.05, 0) is 0 Å². The van der Waals surface area contributed by atoms with Gasteiger partial charge in [0.25, 0.3) is 0 Å². The molecule has 80 valence electrons. The third-order valence-electron chi connectivity index (χ3n) is 3.02. The summed E-state index contributed by atoms with van der Waals surface area (Å²) >= 11 is 0. The highest BCUT2D eigenvalue weighted by molar-refractivity contribution is 5.67. The number of methoxy groups -OCH3 is 1. The lowest BCUT2D eigenvalue weighted by Crippen LogP contribution is -2.62. The Balaban J connectivity index is 1.76. The van der Waals surface area contributed by atoms with Gasteiger partial charge in [0.15, 0.2) is 0 Å². The molecule has 14 heavy (non-hydrogen) atoms. The highest BCUT2D eigenvalue weighted by atomic mass is 16.5. The second-order valence-corrected chi connectivity index (χ2v) is 3.81. The van der Waals surface area contributed by atoms with Crippen molar-refractivity contribution >= 4 is 6.09 Å². The third-order valence-corrected chi connectivity index (χ3v) is 3.02. The Morgan fingerprint density at radius 3 is 2.36 bits per heavy atom. The van der Waals surface area contributed by atoms with Gasteiger partial charge in [0, 0.05) is 45.3 Å². The van der Waals surface area contributed by atoms with E-state index < -0.39 is 0 Å². The van der Waals surface area contributed by atoms with Crippen molar-refractivity contribution in [1.82, 2.24) is 15.1 Å². The maximum atomic E-state index is 11.2. The summed E-state index contributed by atoms with van der Waals surface area (Å²) in [4.78, 5) is 15.4. The van der Waals surface area contributed by atoms with E-state index in [9.17, 15) is 4.79 Å². The first-order chi connectivity index (χ1) is 6.81. The zero-order valence-electron chi connectivity index (χ0n) is 8.53. The Labute approximate surface area is 84.0 Å². The number of hydrogen-bond donors (Lipinski definition) is 1. The lowest BCUT2D eigenvalue weighted by atomic mass is 10.1. The topological polar surface area (TPSA) is 44.8 Å². The first kappa shape index (κ1) is 9.73. The average Bonchev–Trinajstić information content (AvgIpc) is 2.15. The molecule has 1 amide bonds. The fourth-order valence-corrected chi connectivity index (χ4v) is 1.93. The van der Waals surface area contributed by atoms with Crippen LogP contribution in [0.15, 0.2) is 0 Å². The van der Waals surface area contributed by atoms with Gasteiger partial charge in [-0.1, -0.05) is 0 Å². The van der Waals surface area contributed by atoms with Crippen molar-refractivity contribution in [1.29, 1.82) is 0 Å². The predicted molar refractivity (Wildman–Crippen MR) is 52.2 cm³/mol. The van der Waals surface area contributed by atoms with Crippen molar-refractivity contribution < 1.29 is 9.53 Å². The van der Waals surface area contributed by atoms with E-state index in [1.807, 2.05) is 0 Å². The molecular weight excluding hydrogens is 182 g/mol. The Bertz CT molecular complexity index is 210. The largest absolute Gasteiger partial charge is 0.453 e. The molecule has 5 heteroatoms. The van der Waals surface area contributed by atoms with E-state index in [2.05, 4.69) is 15.0 Å². The molecule has 0 radical (unpaired) electrons. The van der Waals surface area contributed by atoms with E-state index in [0.29, 0.717) is 6.04 Å². The molecule has 2 aliphatic rings. The van der Waals surface area contributed by atoms with Gasteiger partial charge in [-0.2, -0.15) is 0 Å². The van der Waals surface area contributed by atoms with Gasteiger partial charge in [-0.3, -0.25) is 4.90 Å². The monoisotopic (exact) mass is 199 g/mol. The van der Waals surface area contributed by atoms with Crippen molar-refractivity contribution in [2.75, 3.05) is 46.4 Å². The van der Waals surface area contributed by atoms with Crippen molar-refractivity contribution in [3.8, 4) is 0 Å². The van der Waals surface area contributed by atoms with Crippen LogP contribution in [0.25, 0.3) is 0 Å². The summed E-state index contributed by atoms with van der Waals surface area (Å²) in [5.74, 6) is 0. The van der Waals surface area contributed by atoms with Gasteiger partial charge in [0.2, 0.25) is 0 Å². The maximum absolute atomic E-state index is 11.2. The van der Waals surface area contributed by atoms with E-state index in [0.717, 1.165) is 39.3 Å². The minimum Gasteiger partial charge on any atom is -0.453 e. The molecule has 0 aromatic rings. The van der Waals surface area contributed by atoms with E-state index in [4.69, 9.17) is 0 Å². The fraction of sp³-hybridized carbons (Fsp3) is 0.889. The van der Waals surface area contributed by atoms with Gasteiger partial charge >= 0.3 is 6.09 Å². The van der Waals surface area contributed by atoms with Crippen LogP contribution in [-0.2, 0) is 4.74 Å². The molecule has 0 bridgehead atoms. The van der Waals surface area contributed by atoms with Gasteiger partial charge in [0.1, 0.15) is 0 Å². The number of nitrogens with one attached hydrogen (secondary N) is 1. The zero-order valence-corrected chi connectivity index (χ0v) is 8.53. The number of hydrogen-bond acceptors (Lipinski definition) is 4. The number of carbonyl (C=O) groups excluding carboxylic acids is 1. The Kier molecular flexibility index (Phi) is 2.88. The van der Waals surface area contributed by atoms with Crippen LogP contribution >= 0.6 is 0 Å². The van der Waals surface area contributed by atoms with Crippen LogP contribution in [0, 0.1) is 0 Å². The molecule has 2 saturated heterocycles. The Morgan fingerprint density at radius 2 is 1.93 bits per heavy atom. The van der Waals surface area contributed by atoms with Crippen molar-refractivity contribution in [3.05, 3.63) is 0 Å². The van der Waals surface area contributed by atoms with Crippen LogP contribution < -0.4 is 5.32 Å². The molecular formula is C9H17N3O2. The second kappa shape index (κ2) is 4.14. The molecule has 2 fully saturated rings. The van der Waals surface area contributed by atoms with E-state index in [1.54, 1.807) is 4.90 Å². The van der Waals surface area contributed by atoms with Crippen molar-refractivity contribution in [2.24, 2.45) is 0 Å². The van der Waals surface area contributed by atoms with Crippen LogP contribution in [0.1, 0.15) is 0 Å². The molecule has 2 rings (SSSR count). The van der Waals surface area contributed by atoms with Gasteiger partial charge in [0.05, 0.1) is 7.11 Å². The molecule has 0 aromatic heterocycles. The van der Waals surface area contributed by atoms with Crippen LogP contribution in [0.2, 0.25) is 0 Å². The second-order valence-electron chi connectivity index (χ2n) is 3.81. The van der Waals surface area contributed by atoms with E-state index >= 15 is 0 Å². The third kappa shape index (κ3) is 1.83. The minimum absolute atomic E-state index is 0.198. The smallest absolute Gasteiger partial charge is 0.409 e. The summed E-state index contributed by atoms with van der Waals surface area (Å²) in [6.45, 7) is 5.73. The Hall–Kier alpha value is -0.810. The number of carbonyl (C=O) groups is 1. The molecule has 0 unspecified atom stereocenters. The normalized spacial score (nSPS) is 24.5. The van der Waals surface area contributed by atoms with Crippen LogP contribution in [0.4, 0.5) is 4.79 Å². The maximum Gasteiger partial charge on any atom is 0.409 e. The molecule has 5 nitrogen and oxygen atoms in total. The highest BCUT2D eigenvalue weighted by Gasteiger charge is 2.29. The lowest BCUT2D eigenvalue weighted by molar-refractivity contribution is 0.0612. The van der Waals surface area contributed by atoms with Gasteiger partial charge in [-0.15, -0.1) is 0 Å². The molecule has 0 aliphatic carbocycles. The van der Waals surface area contributed by atoms with Crippen molar-refractivity contribution in [2.45, 2.75) is 6.04 Å². The quantitative estimate of drug-likeness (QED) is 0.609. The molecule has 0 spiro atoms. The summed E-state index contributed by atoms with van der Waals surface area (Å²) in [7, 11) is 1.44. The predicted octanol–water partition coefficient (Wildman–Crippen LogP) is -0.658. The number of piperazine rings is 1. The molecule has 0 saturated carbocycles. The SMILES string of the molecule is COC(=O)N1CCN(C2CNC2)CC1. The highest BCUT2D eigenvalue weighted by Crippen LogP contribution is 2.09. The molecule has 0 aromatic carbocycles. The Morgan fingerprint density at radius 1 is 1.29 bits per heavy atom. The number of nitrogens with zero attached hydrogens (tertiary/aromatic N) is 2. The summed E-state index contributed by atoms with van der Waals surface area (Å²) in [5.41, 5.74) is 0. The number of ether oxygens (including phenoxy) is 1. The van der Waals surface area contributed by atoms with Crippen LogP contribution in [0.3, 0.4) is 0 Å². The number of rotatable bonds is 1. The molecule has 0 atom stereocenters. The minimum atomic E-state index is -0.198. The molecule has 2 aliphatic heterocycles. The van der Waals surface area contributed by atoms with Crippen LogP contribution in [0.5, 0.6) is 0 Å². The number of amides is 1. The first-order valence-electron chi connectivity index (χ1n) is 5.09. The summed E-state index contributed by atoms with van der Waals surface area (Å²) in [6, 6.07) is 0.690. The summed E-state index contributed by atoms with van der Waals surface area (Å²) < 4.78 is 4.68. The van der Waals surface area contributed by atoms with E-state index in [-0.39, 0.29) is 6.09 Å². The average molecular weight is 199 g/mol. The summed E-state index contributed by atoms with van der Waals surface area (Å²) in [5, 5.41) is 3.26. The molecule has 2 heterocycles. The fourth-order valence-electron chi connectivity index (χ4n) is 1.93. The zero-order chi connectivity index (χ0) is 9.97. The molecule has 1 N–H and O–H groups in total. The lowest BCUT2D eigenvalue weighted by Gasteiger charge is -2.42. The van der Waals surface area contributed by atoms with Crippen molar-refractivity contribution in [3.63, 3.8) is 0 Å². The van der Waals surface area contributed by atoms with Gasteiger partial charge < -0.3 is 15.0 Å². The summed E-state index contributed by atoms with van der Waals surface area (Å²) in [6.07, 6.45) is -0.198. The standard InChI is InChI=1S/C9H17N3O2/c1-14-9(13)12-4-2-11(3-5-12)8-6-10-7-8/h8,10H,2-7H2,1H3. The van der Waals surface area contributed by atoms with Crippen LogP contribution in [-0.4, -0.2) is 68.3 Å². The first-order valence-corrected chi connectivity index (χ1v) is 5.09. The van der Waals surface area contributed by atoms with E-state index in [1.165, 1.54) is 7.11 Å².